The molecule has 0 bridgehead atoms. The minimum atomic E-state index is -1.06. The van der Waals surface area contributed by atoms with Gasteiger partial charge in [-0.15, -0.1) is 0 Å². The number of hydrogen-bond acceptors (Lipinski definition) is 4. The zero-order chi connectivity index (χ0) is 11.8. The third-order valence-corrected chi connectivity index (χ3v) is 1.75. The van der Waals surface area contributed by atoms with Crippen LogP contribution in [-0.2, 0) is 14.4 Å². The summed E-state index contributed by atoms with van der Waals surface area (Å²) in [5, 5.41) is 8.84. The number of nitrogens with one attached hydrogen (secondary N) is 1. The molecule has 0 heterocycles. The van der Waals surface area contributed by atoms with E-state index >= 15 is 0 Å². The van der Waals surface area contributed by atoms with E-state index in [1.165, 1.54) is 0 Å². The summed E-state index contributed by atoms with van der Waals surface area (Å²) in [7, 11) is 0. The van der Waals surface area contributed by atoms with Crippen LogP contribution in [0.15, 0.2) is 6.08 Å². The first-order valence-corrected chi connectivity index (χ1v) is 4.80. The third-order valence-electron chi connectivity index (χ3n) is 1.75. The molecule has 5 heteroatoms. The molecule has 0 aromatic rings. The Labute approximate surface area is 89.1 Å². The molecule has 86 valence electrons. The van der Waals surface area contributed by atoms with Crippen LogP contribution in [0.3, 0.4) is 0 Å². The Hall–Kier alpha value is -1.16. The third kappa shape index (κ3) is 6.01. The number of carbonyl (C=O) groups excluding carboxylic acids is 1. The van der Waals surface area contributed by atoms with Crippen molar-refractivity contribution >= 4 is 11.9 Å². The van der Waals surface area contributed by atoms with E-state index in [1.807, 2.05) is 13.8 Å². The van der Waals surface area contributed by atoms with E-state index in [4.69, 9.17) is 9.94 Å². The van der Waals surface area contributed by atoms with E-state index in [0.717, 1.165) is 6.08 Å². The number of carboxylic acids is 1. The van der Waals surface area contributed by atoms with Crippen LogP contribution in [0.1, 0.15) is 20.8 Å². The van der Waals surface area contributed by atoms with Gasteiger partial charge in [-0.05, 0) is 5.92 Å². The molecule has 0 aliphatic heterocycles. The van der Waals surface area contributed by atoms with Crippen LogP contribution in [0.4, 0.5) is 0 Å². The lowest BCUT2D eigenvalue weighted by molar-refractivity contribution is -0.145. The van der Waals surface area contributed by atoms with Gasteiger partial charge in [0.25, 0.3) is 0 Å². The number of rotatable bonds is 7. The fraction of sp³-hybridized carbons (Fsp3) is 0.700. The van der Waals surface area contributed by atoms with Crippen molar-refractivity contribution in [2.45, 2.75) is 26.8 Å². The lowest BCUT2D eigenvalue weighted by atomic mass is 10.0. The minimum Gasteiger partial charge on any atom is -0.480 e. The maximum atomic E-state index is 10.8. The Bertz CT molecular complexity index is 246. The first-order chi connectivity index (χ1) is 6.99. The Kier molecular flexibility index (Phi) is 6.62. The first kappa shape index (κ1) is 13.8. The highest BCUT2D eigenvalue weighted by molar-refractivity contribution is 5.74. The summed E-state index contributed by atoms with van der Waals surface area (Å²) < 4.78 is 0. The number of hydroxylamine groups is 1. The Morgan fingerprint density at radius 3 is 2.53 bits per heavy atom. The van der Waals surface area contributed by atoms with Crippen molar-refractivity contribution in [3.8, 4) is 0 Å². The molecular formula is C10H17NO4. The summed E-state index contributed by atoms with van der Waals surface area (Å²) in [6.07, 6.45) is 1.16. The Balaban J connectivity index is 4.16. The largest absolute Gasteiger partial charge is 0.480 e. The van der Waals surface area contributed by atoms with Gasteiger partial charge in [-0.2, -0.15) is 5.48 Å². The van der Waals surface area contributed by atoms with Gasteiger partial charge in [0.1, 0.15) is 12.0 Å². The summed E-state index contributed by atoms with van der Waals surface area (Å²) in [6.45, 7) is 5.93. The monoisotopic (exact) mass is 215 g/mol. The molecular weight excluding hydrogens is 198 g/mol. The molecule has 0 saturated carbocycles. The highest BCUT2D eigenvalue weighted by atomic mass is 16.6. The number of carboxylic acid groups (broad SMARTS) is 1. The van der Waals surface area contributed by atoms with Crippen molar-refractivity contribution in [3.63, 3.8) is 0 Å². The molecule has 2 unspecified atom stereocenters. The predicted molar refractivity (Wildman–Crippen MR) is 54.8 cm³/mol. The summed E-state index contributed by atoms with van der Waals surface area (Å²) in [6, 6.07) is -0.926. The molecule has 0 aliphatic rings. The first-order valence-electron chi connectivity index (χ1n) is 4.80. The second-order valence-electron chi connectivity index (χ2n) is 3.78. The fourth-order valence-electron chi connectivity index (χ4n) is 0.891. The van der Waals surface area contributed by atoms with Crippen molar-refractivity contribution in [1.29, 1.82) is 0 Å². The van der Waals surface area contributed by atoms with Crippen LogP contribution in [0.5, 0.6) is 0 Å². The van der Waals surface area contributed by atoms with Gasteiger partial charge in [-0.1, -0.05) is 20.8 Å². The van der Waals surface area contributed by atoms with Crippen LogP contribution >= 0.6 is 0 Å². The normalized spacial score (nSPS) is 14.4. The molecule has 0 spiro atoms. The quantitative estimate of drug-likeness (QED) is 0.481. The van der Waals surface area contributed by atoms with E-state index in [2.05, 4.69) is 5.48 Å². The average Bonchev–Trinajstić information content (AvgIpc) is 2.11. The molecule has 0 radical (unpaired) electrons. The number of carbonyl (C=O) groups is 1. The molecule has 2 N–H and O–H groups in total. The summed E-state index contributed by atoms with van der Waals surface area (Å²) >= 11 is 0. The van der Waals surface area contributed by atoms with Gasteiger partial charge in [0.05, 0.1) is 6.61 Å². The maximum Gasteiger partial charge on any atom is 0.323 e. The number of hydrogen-bond donors (Lipinski definition) is 2. The lowest BCUT2D eigenvalue weighted by Gasteiger charge is -2.18. The van der Waals surface area contributed by atoms with E-state index in [-0.39, 0.29) is 0 Å². The number of aliphatic carboxylic acids is 1. The van der Waals surface area contributed by atoms with E-state index in [1.54, 1.807) is 12.9 Å². The molecule has 0 aromatic heterocycles. The molecule has 0 aromatic carbocycles. The summed E-state index contributed by atoms with van der Waals surface area (Å²) in [5.41, 5.74) is 2.43. The van der Waals surface area contributed by atoms with Gasteiger partial charge in [0.15, 0.2) is 0 Å². The Morgan fingerprint density at radius 2 is 2.13 bits per heavy atom. The molecule has 0 fully saturated rings. The lowest BCUT2D eigenvalue weighted by Crippen LogP contribution is -2.41. The topological polar surface area (TPSA) is 75.6 Å². The van der Waals surface area contributed by atoms with Gasteiger partial charge in [-0.25, -0.2) is 4.79 Å². The van der Waals surface area contributed by atoms with E-state index in [0.29, 0.717) is 12.5 Å². The average molecular weight is 215 g/mol. The standard InChI is InChI=1S/C10H17NO4/c1-7(2)6-15-11-9(10(13)14)8(3)4-5-12/h4,7-9,11H,6H2,1-3H3,(H,13,14). The molecule has 0 aliphatic carbocycles. The van der Waals surface area contributed by atoms with Crippen LogP contribution < -0.4 is 5.48 Å². The highest BCUT2D eigenvalue weighted by Gasteiger charge is 2.23. The second-order valence-corrected chi connectivity index (χ2v) is 3.78. The van der Waals surface area contributed by atoms with Crippen molar-refractivity contribution in [1.82, 2.24) is 5.48 Å². The zero-order valence-corrected chi connectivity index (χ0v) is 9.19. The van der Waals surface area contributed by atoms with E-state index < -0.39 is 17.9 Å². The van der Waals surface area contributed by atoms with Crippen LogP contribution in [0.25, 0.3) is 0 Å². The fourth-order valence-corrected chi connectivity index (χ4v) is 0.891. The Morgan fingerprint density at radius 1 is 1.53 bits per heavy atom. The second kappa shape index (κ2) is 7.17. The highest BCUT2D eigenvalue weighted by Crippen LogP contribution is 2.04. The zero-order valence-electron chi connectivity index (χ0n) is 9.19. The van der Waals surface area contributed by atoms with Crippen molar-refractivity contribution < 1.29 is 19.5 Å². The molecule has 0 saturated heterocycles. The molecule has 2 atom stereocenters. The van der Waals surface area contributed by atoms with Gasteiger partial charge < -0.3 is 9.94 Å². The predicted octanol–water partition coefficient (Wildman–Crippen LogP) is 0.641. The van der Waals surface area contributed by atoms with Gasteiger partial charge >= 0.3 is 5.97 Å². The molecule has 0 amide bonds. The SMILES string of the molecule is CC(C)CONC(C(=O)O)C(C)C=C=O. The molecule has 5 nitrogen and oxygen atoms in total. The minimum absolute atomic E-state index is 0.309. The van der Waals surface area contributed by atoms with Crippen LogP contribution in [0.2, 0.25) is 0 Å². The van der Waals surface area contributed by atoms with E-state index in [9.17, 15) is 9.59 Å². The van der Waals surface area contributed by atoms with Gasteiger partial charge in [0, 0.05) is 12.0 Å². The van der Waals surface area contributed by atoms with Crippen LogP contribution in [0, 0.1) is 11.8 Å². The van der Waals surface area contributed by atoms with Crippen molar-refractivity contribution in [2.24, 2.45) is 11.8 Å². The summed E-state index contributed by atoms with van der Waals surface area (Å²) in [4.78, 5) is 25.9. The van der Waals surface area contributed by atoms with Crippen molar-refractivity contribution in [2.75, 3.05) is 6.61 Å². The van der Waals surface area contributed by atoms with Crippen LogP contribution in [-0.4, -0.2) is 29.7 Å². The smallest absolute Gasteiger partial charge is 0.323 e. The summed E-state index contributed by atoms with van der Waals surface area (Å²) in [5.74, 6) is 0.354. The van der Waals surface area contributed by atoms with Gasteiger partial charge in [-0.3, -0.25) is 4.79 Å². The maximum absolute atomic E-state index is 10.8. The molecule has 15 heavy (non-hydrogen) atoms. The van der Waals surface area contributed by atoms with Gasteiger partial charge in [0.2, 0.25) is 0 Å². The molecule has 0 rings (SSSR count). The van der Waals surface area contributed by atoms with Crippen molar-refractivity contribution in [3.05, 3.63) is 6.08 Å².